The molecule has 1 aliphatic rings. The Morgan fingerprint density at radius 2 is 1.23 bits per heavy atom. The van der Waals surface area contributed by atoms with Crippen molar-refractivity contribution >= 4 is 11.3 Å². The van der Waals surface area contributed by atoms with Crippen LogP contribution in [0.25, 0.3) is 21.6 Å². The van der Waals surface area contributed by atoms with Crippen LogP contribution in [0.2, 0.25) is 0 Å². The molecule has 0 N–H and O–H groups in total. The van der Waals surface area contributed by atoms with E-state index in [-0.39, 0.29) is 5.41 Å². The van der Waals surface area contributed by atoms with E-state index in [1.54, 1.807) is 11.1 Å². The van der Waals surface area contributed by atoms with Gasteiger partial charge in [0, 0.05) is 10.3 Å². The molecule has 2 aromatic carbocycles. The third-order valence-electron chi connectivity index (χ3n) is 8.31. The van der Waals surface area contributed by atoms with Crippen LogP contribution >= 0.6 is 11.3 Å². The molecular weight excluding hydrogens is 440 g/mol. The molecule has 0 atom stereocenters. The quantitative estimate of drug-likeness (QED) is 0.187. The van der Waals surface area contributed by atoms with Crippen LogP contribution in [-0.4, -0.2) is 0 Å². The summed E-state index contributed by atoms with van der Waals surface area (Å²) in [7, 11) is 0. The highest BCUT2D eigenvalue weighted by Crippen LogP contribution is 2.55. The standard InChI is InChI=1S/C34H46S/c1-4-6-8-10-12-16-23-34(24-17-13-11-9-7-5-2)31-19-15-14-18-29(31)30-21-20-28(26-32(30)34)33-27(3)22-25-35-33/h14-15,18-22,25-26H,4-13,16-17,23-24H2,1-3H3. The van der Waals surface area contributed by atoms with E-state index >= 15 is 0 Å². The topological polar surface area (TPSA) is 0 Å². The average Bonchev–Trinajstić information content (AvgIpc) is 3.43. The van der Waals surface area contributed by atoms with Crippen molar-refractivity contribution in [2.75, 3.05) is 0 Å². The van der Waals surface area contributed by atoms with E-state index in [0.29, 0.717) is 0 Å². The molecule has 0 bridgehead atoms. The molecule has 0 amide bonds. The molecule has 0 radical (unpaired) electrons. The third-order valence-corrected chi connectivity index (χ3v) is 9.37. The highest BCUT2D eigenvalue weighted by atomic mass is 32.1. The SMILES string of the molecule is CCCCCCCCC1(CCCCCCCC)c2ccccc2-c2ccc(-c3sccc3C)cc21. The van der Waals surface area contributed by atoms with E-state index in [0.717, 1.165) is 0 Å². The molecule has 1 aromatic heterocycles. The summed E-state index contributed by atoms with van der Waals surface area (Å²) in [5, 5.41) is 2.24. The summed E-state index contributed by atoms with van der Waals surface area (Å²) in [6.45, 7) is 6.89. The molecule has 4 rings (SSSR count). The first-order valence-electron chi connectivity index (χ1n) is 14.5. The van der Waals surface area contributed by atoms with Crippen LogP contribution in [0.4, 0.5) is 0 Å². The van der Waals surface area contributed by atoms with E-state index < -0.39 is 0 Å². The second-order valence-corrected chi connectivity index (χ2v) is 11.8. The second kappa shape index (κ2) is 12.9. The van der Waals surface area contributed by atoms with E-state index in [2.05, 4.69) is 74.7 Å². The van der Waals surface area contributed by atoms with Crippen molar-refractivity contribution in [1.82, 2.24) is 0 Å². The molecular formula is C34H46S. The molecule has 1 aliphatic carbocycles. The van der Waals surface area contributed by atoms with Gasteiger partial charge in [-0.3, -0.25) is 0 Å². The predicted molar refractivity (Wildman–Crippen MR) is 157 cm³/mol. The van der Waals surface area contributed by atoms with Gasteiger partial charge in [0.05, 0.1) is 0 Å². The fraction of sp³-hybridized carbons (Fsp3) is 0.529. The van der Waals surface area contributed by atoms with E-state index in [4.69, 9.17) is 0 Å². The summed E-state index contributed by atoms with van der Waals surface area (Å²) in [6.07, 6.45) is 19.0. The Bertz CT molecular complexity index is 1040. The van der Waals surface area contributed by atoms with Gasteiger partial charge < -0.3 is 0 Å². The first kappa shape index (κ1) is 26.2. The number of hydrogen-bond acceptors (Lipinski definition) is 1. The average molecular weight is 487 g/mol. The number of aryl methyl sites for hydroxylation is 1. The Morgan fingerprint density at radius 1 is 0.629 bits per heavy atom. The molecule has 35 heavy (non-hydrogen) atoms. The Kier molecular flexibility index (Phi) is 9.67. The van der Waals surface area contributed by atoms with Gasteiger partial charge in [-0.15, -0.1) is 11.3 Å². The maximum atomic E-state index is 2.59. The minimum atomic E-state index is 0.183. The van der Waals surface area contributed by atoms with Crippen molar-refractivity contribution < 1.29 is 0 Å². The smallest absolute Gasteiger partial charge is 0.0371 e. The molecule has 1 heterocycles. The minimum absolute atomic E-state index is 0.183. The summed E-state index contributed by atoms with van der Waals surface area (Å²) >= 11 is 1.89. The van der Waals surface area contributed by atoms with Crippen molar-refractivity contribution in [3.63, 3.8) is 0 Å². The molecule has 0 spiro atoms. The monoisotopic (exact) mass is 486 g/mol. The summed E-state index contributed by atoms with van der Waals surface area (Å²) < 4.78 is 0. The Morgan fingerprint density at radius 3 is 1.86 bits per heavy atom. The molecule has 188 valence electrons. The van der Waals surface area contributed by atoms with Crippen molar-refractivity contribution in [3.8, 4) is 21.6 Å². The van der Waals surface area contributed by atoms with Crippen molar-refractivity contribution in [1.29, 1.82) is 0 Å². The van der Waals surface area contributed by atoms with Crippen LogP contribution in [-0.2, 0) is 5.41 Å². The molecule has 0 saturated carbocycles. The molecule has 0 unspecified atom stereocenters. The number of thiophene rings is 1. The van der Waals surface area contributed by atoms with Crippen LogP contribution in [0.15, 0.2) is 53.9 Å². The Labute approximate surface area is 219 Å². The molecule has 3 aromatic rings. The number of benzene rings is 2. The Balaban J connectivity index is 1.65. The predicted octanol–water partition coefficient (Wildman–Crippen LogP) is 11.5. The van der Waals surface area contributed by atoms with Gasteiger partial charge in [0.2, 0.25) is 0 Å². The van der Waals surface area contributed by atoms with Gasteiger partial charge in [0.1, 0.15) is 0 Å². The van der Waals surface area contributed by atoms with Crippen molar-refractivity contribution in [3.05, 3.63) is 70.6 Å². The van der Waals surface area contributed by atoms with Crippen molar-refractivity contribution in [2.45, 2.75) is 116 Å². The van der Waals surface area contributed by atoms with Crippen molar-refractivity contribution in [2.24, 2.45) is 0 Å². The summed E-state index contributed by atoms with van der Waals surface area (Å²) in [5.74, 6) is 0. The van der Waals surface area contributed by atoms with Gasteiger partial charge in [0.15, 0.2) is 0 Å². The van der Waals surface area contributed by atoms with Crippen LogP contribution in [0, 0.1) is 6.92 Å². The number of rotatable bonds is 15. The normalized spacial score (nSPS) is 13.7. The third kappa shape index (κ3) is 5.93. The fourth-order valence-electron chi connectivity index (χ4n) is 6.34. The summed E-state index contributed by atoms with van der Waals surface area (Å²) in [5.41, 5.74) is 9.22. The molecule has 0 nitrogen and oxygen atoms in total. The van der Waals surface area contributed by atoms with Gasteiger partial charge >= 0.3 is 0 Å². The number of unbranched alkanes of at least 4 members (excludes halogenated alkanes) is 10. The lowest BCUT2D eigenvalue weighted by atomic mass is 9.70. The molecule has 1 heteroatoms. The van der Waals surface area contributed by atoms with Crippen LogP contribution in [0.3, 0.4) is 0 Å². The zero-order valence-corrected chi connectivity index (χ0v) is 23.3. The first-order valence-corrected chi connectivity index (χ1v) is 15.4. The van der Waals surface area contributed by atoms with Crippen LogP contribution in [0.1, 0.15) is 120 Å². The highest BCUT2D eigenvalue weighted by molar-refractivity contribution is 7.13. The van der Waals surface area contributed by atoms with Gasteiger partial charge in [-0.2, -0.15) is 0 Å². The largest absolute Gasteiger partial charge is 0.144 e. The number of hydrogen-bond donors (Lipinski definition) is 0. The van der Waals surface area contributed by atoms with Gasteiger partial charge in [-0.25, -0.2) is 0 Å². The van der Waals surface area contributed by atoms with Crippen LogP contribution in [0.5, 0.6) is 0 Å². The minimum Gasteiger partial charge on any atom is -0.144 e. The molecule has 0 fully saturated rings. The second-order valence-electron chi connectivity index (χ2n) is 10.9. The lowest BCUT2D eigenvalue weighted by molar-refractivity contribution is 0.398. The molecule has 0 aliphatic heterocycles. The lowest BCUT2D eigenvalue weighted by Gasteiger charge is -2.33. The number of fused-ring (bicyclic) bond motifs is 3. The molecule has 0 saturated heterocycles. The lowest BCUT2D eigenvalue weighted by Crippen LogP contribution is -2.25. The van der Waals surface area contributed by atoms with E-state index in [1.807, 2.05) is 11.3 Å². The highest BCUT2D eigenvalue weighted by Gasteiger charge is 2.42. The zero-order chi connectivity index (χ0) is 24.5. The maximum absolute atomic E-state index is 2.59. The van der Waals surface area contributed by atoms with E-state index in [1.165, 1.54) is 117 Å². The first-order chi connectivity index (χ1) is 17.2. The van der Waals surface area contributed by atoms with Gasteiger partial charge in [-0.05, 0) is 70.7 Å². The van der Waals surface area contributed by atoms with Gasteiger partial charge in [0.25, 0.3) is 0 Å². The Hall–Kier alpha value is -1.86. The zero-order valence-electron chi connectivity index (χ0n) is 22.5. The summed E-state index contributed by atoms with van der Waals surface area (Å²) in [4.78, 5) is 1.44. The van der Waals surface area contributed by atoms with E-state index in [9.17, 15) is 0 Å². The van der Waals surface area contributed by atoms with Gasteiger partial charge in [-0.1, -0.05) is 127 Å². The fourth-order valence-corrected chi connectivity index (χ4v) is 7.27. The van der Waals surface area contributed by atoms with Crippen LogP contribution < -0.4 is 0 Å². The summed E-state index contributed by atoms with van der Waals surface area (Å²) in [6, 6.07) is 19.0. The maximum Gasteiger partial charge on any atom is 0.0371 e.